The molecular formula is C6H12OS. The lowest BCUT2D eigenvalue weighted by atomic mass is 10.2. The van der Waals surface area contributed by atoms with Gasteiger partial charge in [-0.05, 0) is 12.8 Å². The normalized spacial score (nSPS) is 39.8. The van der Waals surface area contributed by atoms with Gasteiger partial charge in [-0.1, -0.05) is 6.92 Å². The van der Waals surface area contributed by atoms with Gasteiger partial charge in [0.05, 0.1) is 6.10 Å². The molecule has 48 valence electrons. The molecule has 1 aliphatic heterocycles. The van der Waals surface area contributed by atoms with Gasteiger partial charge in [0, 0.05) is 11.0 Å². The molecule has 1 N–H and O–H groups in total. The largest absolute Gasteiger partial charge is 0.392 e. The van der Waals surface area contributed by atoms with Crippen LogP contribution in [0.3, 0.4) is 0 Å². The van der Waals surface area contributed by atoms with E-state index >= 15 is 0 Å². The molecule has 0 aromatic heterocycles. The maximum atomic E-state index is 9.01. The first-order valence-electron chi connectivity index (χ1n) is 3.08. The minimum atomic E-state index is -0.0174. The summed E-state index contributed by atoms with van der Waals surface area (Å²) in [6.45, 7) is 2.22. The van der Waals surface area contributed by atoms with Crippen molar-refractivity contribution in [3.8, 4) is 0 Å². The summed E-state index contributed by atoms with van der Waals surface area (Å²) < 4.78 is 0. The van der Waals surface area contributed by atoms with Gasteiger partial charge in [-0.2, -0.15) is 11.8 Å². The van der Waals surface area contributed by atoms with Crippen molar-refractivity contribution in [3.05, 3.63) is 0 Å². The smallest absolute Gasteiger partial charge is 0.0631 e. The van der Waals surface area contributed by atoms with Crippen LogP contribution < -0.4 is 0 Å². The van der Waals surface area contributed by atoms with E-state index in [1.807, 2.05) is 11.8 Å². The summed E-state index contributed by atoms with van der Waals surface area (Å²) in [4.78, 5) is 0. The molecule has 2 atom stereocenters. The van der Waals surface area contributed by atoms with Gasteiger partial charge in [-0.25, -0.2) is 0 Å². The van der Waals surface area contributed by atoms with Gasteiger partial charge < -0.3 is 5.11 Å². The van der Waals surface area contributed by atoms with Gasteiger partial charge in [-0.3, -0.25) is 0 Å². The molecule has 0 aromatic carbocycles. The zero-order chi connectivity index (χ0) is 5.98. The number of thioether (sulfide) groups is 1. The van der Waals surface area contributed by atoms with Crippen LogP contribution in [0.4, 0.5) is 0 Å². The van der Waals surface area contributed by atoms with Crippen LogP contribution in [0, 0.1) is 0 Å². The van der Waals surface area contributed by atoms with Crippen LogP contribution in [0.15, 0.2) is 0 Å². The van der Waals surface area contributed by atoms with E-state index < -0.39 is 0 Å². The highest BCUT2D eigenvalue weighted by atomic mass is 32.2. The van der Waals surface area contributed by atoms with Crippen molar-refractivity contribution in [2.45, 2.75) is 31.1 Å². The van der Waals surface area contributed by atoms with Gasteiger partial charge >= 0.3 is 0 Å². The first kappa shape index (κ1) is 6.43. The highest BCUT2D eigenvalue weighted by Gasteiger charge is 2.14. The molecule has 1 aliphatic rings. The van der Waals surface area contributed by atoms with E-state index in [4.69, 9.17) is 5.11 Å². The SMILES string of the molecule is C[C@@H]1CC[C@@H](O)CS1. The Morgan fingerprint density at radius 2 is 2.25 bits per heavy atom. The van der Waals surface area contributed by atoms with E-state index in [-0.39, 0.29) is 6.10 Å². The van der Waals surface area contributed by atoms with Gasteiger partial charge in [0.2, 0.25) is 0 Å². The fourth-order valence-electron chi connectivity index (χ4n) is 0.869. The highest BCUT2D eigenvalue weighted by molar-refractivity contribution is 7.99. The van der Waals surface area contributed by atoms with Crippen LogP contribution in [0.2, 0.25) is 0 Å². The maximum absolute atomic E-state index is 9.01. The molecule has 0 aliphatic carbocycles. The Labute approximate surface area is 54.5 Å². The fourth-order valence-corrected chi connectivity index (χ4v) is 1.89. The molecule has 0 saturated carbocycles. The standard InChI is InChI=1S/C6H12OS/c1-5-2-3-6(7)4-8-5/h5-7H,2-4H2,1H3/t5-,6-/m1/s1. The zero-order valence-corrected chi connectivity index (χ0v) is 5.95. The lowest BCUT2D eigenvalue weighted by Gasteiger charge is -2.21. The number of aliphatic hydroxyl groups excluding tert-OH is 1. The topological polar surface area (TPSA) is 20.2 Å². The summed E-state index contributed by atoms with van der Waals surface area (Å²) in [5.74, 6) is 0.946. The van der Waals surface area contributed by atoms with Crippen molar-refractivity contribution in [2.24, 2.45) is 0 Å². The number of hydrogen-bond acceptors (Lipinski definition) is 2. The zero-order valence-electron chi connectivity index (χ0n) is 5.13. The van der Waals surface area contributed by atoms with Gasteiger partial charge in [-0.15, -0.1) is 0 Å². The Kier molecular flexibility index (Phi) is 2.20. The van der Waals surface area contributed by atoms with Crippen LogP contribution >= 0.6 is 11.8 Å². The number of aliphatic hydroxyl groups is 1. The lowest BCUT2D eigenvalue weighted by Crippen LogP contribution is -2.19. The first-order chi connectivity index (χ1) is 3.79. The molecule has 0 aromatic rings. The third-order valence-electron chi connectivity index (χ3n) is 1.48. The maximum Gasteiger partial charge on any atom is 0.0631 e. The molecule has 8 heavy (non-hydrogen) atoms. The second-order valence-electron chi connectivity index (χ2n) is 2.38. The third kappa shape index (κ3) is 1.67. The first-order valence-corrected chi connectivity index (χ1v) is 4.13. The van der Waals surface area contributed by atoms with E-state index in [0.717, 1.165) is 17.4 Å². The summed E-state index contributed by atoms with van der Waals surface area (Å²) in [5.41, 5.74) is 0. The Hall–Kier alpha value is 0.310. The molecule has 1 fully saturated rings. The van der Waals surface area contributed by atoms with Crippen LogP contribution in [-0.4, -0.2) is 22.2 Å². The second-order valence-corrected chi connectivity index (χ2v) is 3.85. The van der Waals surface area contributed by atoms with Crippen molar-refractivity contribution in [1.82, 2.24) is 0 Å². The molecule has 1 rings (SSSR count). The number of hydrogen-bond donors (Lipinski definition) is 1. The predicted octanol–water partition coefficient (Wildman–Crippen LogP) is 1.26. The summed E-state index contributed by atoms with van der Waals surface area (Å²) in [6.07, 6.45) is 2.18. The minimum absolute atomic E-state index is 0.0174. The molecule has 0 spiro atoms. The minimum Gasteiger partial charge on any atom is -0.392 e. The van der Waals surface area contributed by atoms with Crippen molar-refractivity contribution in [3.63, 3.8) is 0 Å². The van der Waals surface area contributed by atoms with Crippen LogP contribution in [0.25, 0.3) is 0 Å². The van der Waals surface area contributed by atoms with E-state index in [1.54, 1.807) is 0 Å². The molecular weight excluding hydrogens is 120 g/mol. The predicted molar refractivity (Wildman–Crippen MR) is 37.2 cm³/mol. The van der Waals surface area contributed by atoms with Gasteiger partial charge in [0.15, 0.2) is 0 Å². The Balaban J connectivity index is 2.19. The average molecular weight is 132 g/mol. The third-order valence-corrected chi connectivity index (χ3v) is 2.86. The average Bonchev–Trinajstić information content (AvgIpc) is 1.77. The Morgan fingerprint density at radius 1 is 1.50 bits per heavy atom. The molecule has 1 heterocycles. The molecule has 2 heteroatoms. The molecule has 0 amide bonds. The summed E-state index contributed by atoms with van der Waals surface area (Å²) in [5, 5.41) is 9.78. The highest BCUT2D eigenvalue weighted by Crippen LogP contribution is 2.24. The second kappa shape index (κ2) is 2.74. The number of rotatable bonds is 0. The molecule has 0 bridgehead atoms. The van der Waals surface area contributed by atoms with Crippen molar-refractivity contribution >= 4 is 11.8 Å². The summed E-state index contributed by atoms with van der Waals surface area (Å²) >= 11 is 1.88. The summed E-state index contributed by atoms with van der Waals surface area (Å²) in [7, 11) is 0. The van der Waals surface area contributed by atoms with E-state index in [9.17, 15) is 0 Å². The molecule has 1 nitrogen and oxygen atoms in total. The molecule has 0 radical (unpaired) electrons. The lowest BCUT2D eigenvalue weighted by molar-refractivity contribution is 0.182. The van der Waals surface area contributed by atoms with Crippen LogP contribution in [0.5, 0.6) is 0 Å². The Bertz CT molecular complexity index is 56.9. The Morgan fingerprint density at radius 3 is 2.62 bits per heavy atom. The van der Waals surface area contributed by atoms with Crippen LogP contribution in [0.1, 0.15) is 19.8 Å². The van der Waals surface area contributed by atoms with Gasteiger partial charge in [0.1, 0.15) is 0 Å². The molecule has 0 unspecified atom stereocenters. The van der Waals surface area contributed by atoms with Crippen LogP contribution in [-0.2, 0) is 0 Å². The summed E-state index contributed by atoms with van der Waals surface area (Å²) in [6, 6.07) is 0. The van der Waals surface area contributed by atoms with E-state index in [2.05, 4.69) is 6.92 Å². The quantitative estimate of drug-likeness (QED) is 0.535. The monoisotopic (exact) mass is 132 g/mol. The van der Waals surface area contributed by atoms with Gasteiger partial charge in [0.25, 0.3) is 0 Å². The van der Waals surface area contributed by atoms with Crippen molar-refractivity contribution < 1.29 is 5.11 Å². The van der Waals surface area contributed by atoms with Crippen molar-refractivity contribution in [1.29, 1.82) is 0 Å². The van der Waals surface area contributed by atoms with E-state index in [0.29, 0.717) is 0 Å². The molecule has 1 saturated heterocycles. The van der Waals surface area contributed by atoms with E-state index in [1.165, 1.54) is 6.42 Å². The van der Waals surface area contributed by atoms with Crippen molar-refractivity contribution in [2.75, 3.05) is 5.75 Å². The fraction of sp³-hybridized carbons (Fsp3) is 1.00.